The van der Waals surface area contributed by atoms with Gasteiger partial charge in [0.25, 0.3) is 5.56 Å². The Hall–Kier alpha value is -1.47. The Bertz CT molecular complexity index is 821. The maximum Gasteiger partial charge on any atom is 0.272 e. The highest BCUT2D eigenvalue weighted by Crippen LogP contribution is 2.23. The highest BCUT2D eigenvalue weighted by Gasteiger charge is 2.22. The number of nitrogens with zero attached hydrogens (tertiary/aromatic N) is 1. The Morgan fingerprint density at radius 1 is 1.48 bits per heavy atom. The first-order chi connectivity index (χ1) is 11.1. The lowest BCUT2D eigenvalue weighted by Gasteiger charge is -2.29. The van der Waals surface area contributed by atoms with Gasteiger partial charge >= 0.3 is 0 Å². The molecule has 1 amide bonds. The van der Waals surface area contributed by atoms with Crippen LogP contribution in [0.4, 0.5) is 0 Å². The Kier molecular flexibility index (Phi) is 4.96. The second kappa shape index (κ2) is 6.97. The number of thiophene rings is 1. The quantitative estimate of drug-likeness (QED) is 0.831. The van der Waals surface area contributed by atoms with Crippen molar-refractivity contribution in [2.75, 3.05) is 0 Å². The van der Waals surface area contributed by atoms with Gasteiger partial charge in [-0.1, -0.05) is 19.8 Å². The SMILES string of the molecule is C[C@@H]1CCCC[C@H]1NC(=O)CCn1c(=S)[nH]c2ccsc2c1=O. The van der Waals surface area contributed by atoms with Crippen LogP contribution in [-0.4, -0.2) is 21.5 Å². The summed E-state index contributed by atoms with van der Waals surface area (Å²) in [6.45, 7) is 2.50. The lowest BCUT2D eigenvalue weighted by Crippen LogP contribution is -2.41. The van der Waals surface area contributed by atoms with Crippen molar-refractivity contribution in [3.63, 3.8) is 0 Å². The van der Waals surface area contributed by atoms with Crippen LogP contribution in [0.2, 0.25) is 0 Å². The Balaban J connectivity index is 1.67. The number of amides is 1. The number of carbonyl (C=O) groups is 1. The summed E-state index contributed by atoms with van der Waals surface area (Å²) in [5.74, 6) is 0.525. The number of rotatable bonds is 4. The smallest absolute Gasteiger partial charge is 0.272 e. The third-order valence-corrected chi connectivity index (χ3v) is 5.84. The molecule has 5 nitrogen and oxygen atoms in total. The van der Waals surface area contributed by atoms with E-state index in [-0.39, 0.29) is 23.9 Å². The summed E-state index contributed by atoms with van der Waals surface area (Å²) >= 11 is 6.63. The maximum atomic E-state index is 12.4. The second-order valence-corrected chi connectivity index (χ2v) is 7.54. The van der Waals surface area contributed by atoms with Gasteiger partial charge in [-0.2, -0.15) is 0 Å². The van der Waals surface area contributed by atoms with Crippen molar-refractivity contribution >= 4 is 39.7 Å². The average molecular weight is 351 g/mol. The van der Waals surface area contributed by atoms with Gasteiger partial charge in [0, 0.05) is 19.0 Å². The van der Waals surface area contributed by atoms with Gasteiger partial charge in [0.2, 0.25) is 5.91 Å². The second-order valence-electron chi connectivity index (χ2n) is 6.24. The number of H-pyrrole nitrogens is 1. The molecule has 2 aromatic rings. The number of hydrogen-bond donors (Lipinski definition) is 2. The number of carbonyl (C=O) groups excluding carboxylic acids is 1. The van der Waals surface area contributed by atoms with Crippen molar-refractivity contribution in [3.8, 4) is 0 Å². The van der Waals surface area contributed by atoms with Gasteiger partial charge in [-0.15, -0.1) is 11.3 Å². The predicted octanol–water partition coefficient (Wildman–Crippen LogP) is 3.21. The van der Waals surface area contributed by atoms with E-state index in [1.54, 1.807) is 0 Å². The minimum Gasteiger partial charge on any atom is -0.353 e. The summed E-state index contributed by atoms with van der Waals surface area (Å²) in [6, 6.07) is 2.11. The van der Waals surface area contributed by atoms with Crippen LogP contribution in [0.5, 0.6) is 0 Å². The molecule has 0 radical (unpaired) electrons. The van der Waals surface area contributed by atoms with Crippen LogP contribution < -0.4 is 10.9 Å². The minimum atomic E-state index is -0.113. The van der Waals surface area contributed by atoms with Crippen LogP contribution in [0, 0.1) is 10.7 Å². The van der Waals surface area contributed by atoms with Crippen molar-refractivity contribution < 1.29 is 4.79 Å². The minimum absolute atomic E-state index is 0.00340. The Morgan fingerprint density at radius 3 is 3.04 bits per heavy atom. The van der Waals surface area contributed by atoms with E-state index in [1.807, 2.05) is 11.4 Å². The molecule has 1 aliphatic carbocycles. The fourth-order valence-corrected chi connectivity index (χ4v) is 4.28. The van der Waals surface area contributed by atoms with Crippen molar-refractivity contribution in [1.82, 2.24) is 14.9 Å². The summed E-state index contributed by atoms with van der Waals surface area (Å²) in [6.07, 6.45) is 4.92. The van der Waals surface area contributed by atoms with Crippen molar-refractivity contribution in [2.45, 2.75) is 51.6 Å². The zero-order valence-electron chi connectivity index (χ0n) is 13.1. The monoisotopic (exact) mass is 351 g/mol. The zero-order valence-corrected chi connectivity index (χ0v) is 14.8. The van der Waals surface area contributed by atoms with Crippen LogP contribution in [0.25, 0.3) is 10.2 Å². The molecule has 1 fully saturated rings. The molecule has 2 N–H and O–H groups in total. The van der Waals surface area contributed by atoms with E-state index in [0.29, 0.717) is 21.9 Å². The van der Waals surface area contributed by atoms with Gasteiger partial charge in [-0.05, 0) is 42.4 Å². The molecule has 2 atom stereocenters. The molecule has 124 valence electrons. The number of aromatic nitrogens is 2. The molecule has 3 rings (SSSR count). The van der Waals surface area contributed by atoms with Crippen molar-refractivity contribution in [1.29, 1.82) is 0 Å². The molecular weight excluding hydrogens is 330 g/mol. The van der Waals surface area contributed by atoms with Gasteiger partial charge in [0.1, 0.15) is 4.70 Å². The largest absolute Gasteiger partial charge is 0.353 e. The number of nitrogens with one attached hydrogen (secondary N) is 2. The molecule has 0 unspecified atom stereocenters. The first-order valence-corrected chi connectivity index (χ1v) is 9.34. The zero-order chi connectivity index (χ0) is 16.4. The standard InChI is InChI=1S/C16H21N3O2S2/c1-10-4-2-3-5-11(10)17-13(20)6-8-19-15(21)14-12(7-9-23-14)18-16(19)22/h7,9-11H,2-6,8H2,1H3,(H,17,20)(H,18,22)/t10-,11-/m1/s1. The Morgan fingerprint density at radius 2 is 2.26 bits per heavy atom. The molecule has 2 heterocycles. The van der Waals surface area contributed by atoms with E-state index in [9.17, 15) is 9.59 Å². The van der Waals surface area contributed by atoms with E-state index in [0.717, 1.165) is 11.9 Å². The molecule has 0 saturated heterocycles. The molecular formula is C16H21N3O2S2. The van der Waals surface area contributed by atoms with Gasteiger partial charge < -0.3 is 10.3 Å². The molecule has 0 spiro atoms. The number of fused-ring (bicyclic) bond motifs is 1. The lowest BCUT2D eigenvalue weighted by molar-refractivity contribution is -0.122. The van der Waals surface area contributed by atoms with Crippen LogP contribution in [0.3, 0.4) is 0 Å². The van der Waals surface area contributed by atoms with E-state index < -0.39 is 0 Å². The van der Waals surface area contributed by atoms with E-state index >= 15 is 0 Å². The third-order valence-electron chi connectivity index (χ3n) is 4.61. The fourth-order valence-electron chi connectivity index (χ4n) is 3.20. The van der Waals surface area contributed by atoms with Crippen LogP contribution in [0.1, 0.15) is 39.0 Å². The fraction of sp³-hybridized carbons (Fsp3) is 0.562. The molecule has 2 aromatic heterocycles. The molecule has 23 heavy (non-hydrogen) atoms. The average Bonchev–Trinajstić information content (AvgIpc) is 2.98. The summed E-state index contributed by atoms with van der Waals surface area (Å²) in [5, 5.41) is 4.97. The maximum absolute atomic E-state index is 12.4. The summed E-state index contributed by atoms with van der Waals surface area (Å²) in [5.41, 5.74) is 0.652. The Labute approximate surface area is 143 Å². The first-order valence-electron chi connectivity index (χ1n) is 8.06. The van der Waals surface area contributed by atoms with Crippen LogP contribution >= 0.6 is 23.6 Å². The molecule has 0 aliphatic heterocycles. The van der Waals surface area contributed by atoms with E-state index in [4.69, 9.17) is 12.2 Å². The summed E-state index contributed by atoms with van der Waals surface area (Å²) in [4.78, 5) is 27.7. The molecule has 0 bridgehead atoms. The number of hydrogen-bond acceptors (Lipinski definition) is 4. The molecule has 1 saturated carbocycles. The van der Waals surface area contributed by atoms with E-state index in [2.05, 4.69) is 17.2 Å². The predicted molar refractivity (Wildman–Crippen MR) is 95.4 cm³/mol. The van der Waals surface area contributed by atoms with Gasteiger partial charge in [-0.3, -0.25) is 14.2 Å². The highest BCUT2D eigenvalue weighted by atomic mass is 32.1. The van der Waals surface area contributed by atoms with Crippen molar-refractivity contribution in [3.05, 3.63) is 26.6 Å². The number of aromatic amines is 1. The third kappa shape index (κ3) is 3.55. The van der Waals surface area contributed by atoms with E-state index in [1.165, 1.54) is 35.2 Å². The molecule has 0 aromatic carbocycles. The van der Waals surface area contributed by atoms with Gasteiger partial charge in [0.15, 0.2) is 4.77 Å². The van der Waals surface area contributed by atoms with Gasteiger partial charge in [0.05, 0.1) is 5.52 Å². The molecule has 1 aliphatic rings. The summed E-state index contributed by atoms with van der Waals surface area (Å²) < 4.78 is 2.51. The highest BCUT2D eigenvalue weighted by molar-refractivity contribution is 7.71. The van der Waals surface area contributed by atoms with Crippen LogP contribution in [-0.2, 0) is 11.3 Å². The van der Waals surface area contributed by atoms with Gasteiger partial charge in [-0.25, -0.2) is 0 Å². The normalized spacial score (nSPS) is 21.4. The first kappa shape index (κ1) is 16.4. The lowest BCUT2D eigenvalue weighted by atomic mass is 9.86. The summed E-state index contributed by atoms with van der Waals surface area (Å²) in [7, 11) is 0. The topological polar surface area (TPSA) is 66.9 Å². The van der Waals surface area contributed by atoms with Crippen LogP contribution in [0.15, 0.2) is 16.2 Å². The van der Waals surface area contributed by atoms with Crippen molar-refractivity contribution in [2.24, 2.45) is 5.92 Å². The molecule has 7 heteroatoms.